The Kier molecular flexibility index (Phi) is 4.28. The van der Waals surface area contributed by atoms with Gasteiger partial charge in [-0.15, -0.1) is 0 Å². The van der Waals surface area contributed by atoms with E-state index in [1.807, 2.05) is 6.07 Å². The van der Waals surface area contributed by atoms with Crippen molar-refractivity contribution in [1.29, 1.82) is 0 Å². The lowest BCUT2D eigenvalue weighted by Crippen LogP contribution is -2.26. The van der Waals surface area contributed by atoms with Crippen LogP contribution in [0.4, 0.5) is 0 Å². The highest BCUT2D eigenvalue weighted by atomic mass is 79.9. The molecule has 0 saturated heterocycles. The topological polar surface area (TPSA) is 73.2 Å². The second kappa shape index (κ2) is 5.94. The lowest BCUT2D eigenvalue weighted by Gasteiger charge is -2.06. The maximum atomic E-state index is 12.2. The number of aromatic nitrogens is 2. The molecule has 2 rings (SSSR count). The first kappa shape index (κ1) is 13.7. The van der Waals surface area contributed by atoms with E-state index in [2.05, 4.69) is 31.2 Å². The smallest absolute Gasteiger partial charge is 0.261 e. The van der Waals surface area contributed by atoms with Crippen LogP contribution in [0.3, 0.4) is 0 Å². The van der Waals surface area contributed by atoms with Crippen LogP contribution in [0.25, 0.3) is 10.9 Å². The van der Waals surface area contributed by atoms with Crippen molar-refractivity contribution in [3.05, 3.63) is 39.4 Å². The zero-order valence-electron chi connectivity index (χ0n) is 10.2. The van der Waals surface area contributed by atoms with Crippen molar-refractivity contribution in [2.24, 2.45) is 0 Å². The standard InChI is InChI=1S/C12H12BrN3O3/c1-19-15-11(17)4-5-16-7-14-10-3-2-8(13)6-9(10)12(16)18/h2-3,6-7H,4-5H2,1H3,(H,15,17). The summed E-state index contributed by atoms with van der Waals surface area (Å²) in [4.78, 5) is 32.1. The maximum absolute atomic E-state index is 12.2. The van der Waals surface area contributed by atoms with Gasteiger partial charge >= 0.3 is 0 Å². The van der Waals surface area contributed by atoms with Crippen molar-refractivity contribution in [3.8, 4) is 0 Å². The molecule has 7 heteroatoms. The SMILES string of the molecule is CONC(=O)CCn1cnc2ccc(Br)cc2c1=O. The molecule has 0 bridgehead atoms. The van der Waals surface area contributed by atoms with Crippen LogP contribution < -0.4 is 11.0 Å². The van der Waals surface area contributed by atoms with E-state index in [4.69, 9.17) is 0 Å². The van der Waals surface area contributed by atoms with Crippen molar-refractivity contribution in [2.45, 2.75) is 13.0 Å². The molecule has 0 radical (unpaired) electrons. The Morgan fingerprint density at radius 1 is 1.53 bits per heavy atom. The molecule has 0 atom stereocenters. The Hall–Kier alpha value is -1.73. The minimum absolute atomic E-state index is 0.148. The van der Waals surface area contributed by atoms with Gasteiger partial charge in [-0.1, -0.05) is 15.9 Å². The highest BCUT2D eigenvalue weighted by Crippen LogP contribution is 2.14. The number of halogens is 1. The number of nitrogens with zero attached hydrogens (tertiary/aromatic N) is 2. The third-order valence-corrected chi connectivity index (χ3v) is 3.07. The molecule has 0 aliphatic carbocycles. The van der Waals surface area contributed by atoms with Gasteiger partial charge in [-0.25, -0.2) is 10.5 Å². The summed E-state index contributed by atoms with van der Waals surface area (Å²) < 4.78 is 2.22. The van der Waals surface area contributed by atoms with E-state index in [-0.39, 0.29) is 24.4 Å². The van der Waals surface area contributed by atoms with Crippen molar-refractivity contribution in [2.75, 3.05) is 7.11 Å². The number of rotatable bonds is 4. The Bertz CT molecular complexity index is 669. The van der Waals surface area contributed by atoms with E-state index >= 15 is 0 Å². The number of carbonyl (C=O) groups excluding carboxylic acids is 1. The fourth-order valence-corrected chi connectivity index (χ4v) is 2.04. The summed E-state index contributed by atoms with van der Waals surface area (Å²) in [7, 11) is 1.36. The summed E-state index contributed by atoms with van der Waals surface area (Å²) >= 11 is 3.32. The van der Waals surface area contributed by atoms with Crippen LogP contribution in [-0.4, -0.2) is 22.6 Å². The molecule has 0 unspecified atom stereocenters. The molecule has 1 N–H and O–H groups in total. The van der Waals surface area contributed by atoms with E-state index in [1.54, 1.807) is 12.1 Å². The number of amides is 1. The van der Waals surface area contributed by atoms with Crippen molar-refractivity contribution < 1.29 is 9.63 Å². The van der Waals surface area contributed by atoms with Crippen molar-refractivity contribution in [1.82, 2.24) is 15.0 Å². The van der Waals surface area contributed by atoms with Gasteiger partial charge in [0.05, 0.1) is 24.3 Å². The fraction of sp³-hybridized carbons (Fsp3) is 0.250. The number of fused-ring (bicyclic) bond motifs is 1. The number of nitrogens with one attached hydrogen (secondary N) is 1. The second-order valence-electron chi connectivity index (χ2n) is 3.88. The molecule has 19 heavy (non-hydrogen) atoms. The first-order chi connectivity index (χ1) is 9.11. The molecule has 1 aromatic heterocycles. The van der Waals surface area contributed by atoms with Crippen LogP contribution in [-0.2, 0) is 16.2 Å². The van der Waals surface area contributed by atoms with Crippen LogP contribution in [0.1, 0.15) is 6.42 Å². The summed E-state index contributed by atoms with van der Waals surface area (Å²) in [5, 5.41) is 0.518. The average molecular weight is 326 g/mol. The normalized spacial score (nSPS) is 10.6. The summed E-state index contributed by atoms with van der Waals surface area (Å²) in [5.74, 6) is -0.288. The van der Waals surface area contributed by atoms with Gasteiger partial charge in [0.25, 0.3) is 5.56 Å². The van der Waals surface area contributed by atoms with Crippen molar-refractivity contribution in [3.63, 3.8) is 0 Å². The van der Waals surface area contributed by atoms with Gasteiger partial charge in [0, 0.05) is 17.4 Å². The van der Waals surface area contributed by atoms with Gasteiger partial charge in [0.2, 0.25) is 5.91 Å². The molecular weight excluding hydrogens is 314 g/mol. The molecule has 100 valence electrons. The Labute approximate surface area is 117 Å². The first-order valence-electron chi connectivity index (χ1n) is 5.58. The molecular formula is C12H12BrN3O3. The third kappa shape index (κ3) is 3.18. The third-order valence-electron chi connectivity index (χ3n) is 2.58. The molecule has 0 spiro atoms. The number of aryl methyl sites for hydroxylation is 1. The fourth-order valence-electron chi connectivity index (χ4n) is 1.68. The molecule has 2 aromatic rings. The number of hydrogen-bond donors (Lipinski definition) is 1. The van der Waals surface area contributed by atoms with Crippen LogP contribution in [0.5, 0.6) is 0 Å². The second-order valence-corrected chi connectivity index (χ2v) is 4.80. The summed E-state index contributed by atoms with van der Waals surface area (Å²) in [6.45, 7) is 0.253. The van der Waals surface area contributed by atoms with Gasteiger partial charge in [-0.05, 0) is 18.2 Å². The molecule has 1 amide bonds. The number of hydrogen-bond acceptors (Lipinski definition) is 4. The Balaban J connectivity index is 2.27. The van der Waals surface area contributed by atoms with Gasteiger partial charge < -0.3 is 0 Å². The Morgan fingerprint density at radius 2 is 2.32 bits per heavy atom. The zero-order valence-corrected chi connectivity index (χ0v) is 11.8. The lowest BCUT2D eigenvalue weighted by atomic mass is 10.2. The van der Waals surface area contributed by atoms with Crippen LogP contribution in [0, 0.1) is 0 Å². The molecule has 6 nitrogen and oxygen atoms in total. The number of benzene rings is 1. The van der Waals surface area contributed by atoms with E-state index in [0.29, 0.717) is 10.9 Å². The summed E-state index contributed by atoms with van der Waals surface area (Å²) in [6.07, 6.45) is 1.59. The lowest BCUT2D eigenvalue weighted by molar-refractivity contribution is -0.131. The van der Waals surface area contributed by atoms with Gasteiger partial charge in [-0.3, -0.25) is 19.0 Å². The minimum Gasteiger partial charge on any atom is -0.298 e. The monoisotopic (exact) mass is 325 g/mol. The van der Waals surface area contributed by atoms with E-state index < -0.39 is 0 Å². The first-order valence-corrected chi connectivity index (χ1v) is 6.37. The van der Waals surface area contributed by atoms with Crippen LogP contribution in [0.2, 0.25) is 0 Å². The molecule has 0 aliphatic heterocycles. The quantitative estimate of drug-likeness (QED) is 0.858. The van der Waals surface area contributed by atoms with Crippen molar-refractivity contribution >= 4 is 32.7 Å². The van der Waals surface area contributed by atoms with E-state index in [9.17, 15) is 9.59 Å². The molecule has 1 heterocycles. The molecule has 0 aliphatic rings. The number of carbonyl (C=O) groups is 1. The largest absolute Gasteiger partial charge is 0.298 e. The predicted molar refractivity (Wildman–Crippen MR) is 73.5 cm³/mol. The van der Waals surface area contributed by atoms with Crippen LogP contribution in [0.15, 0.2) is 33.8 Å². The van der Waals surface area contributed by atoms with E-state index in [1.165, 1.54) is 18.0 Å². The highest BCUT2D eigenvalue weighted by Gasteiger charge is 2.06. The molecule has 1 aromatic carbocycles. The molecule has 0 saturated carbocycles. The minimum atomic E-state index is -0.288. The summed E-state index contributed by atoms with van der Waals surface area (Å²) in [5.41, 5.74) is 2.66. The summed E-state index contributed by atoms with van der Waals surface area (Å²) in [6, 6.07) is 5.31. The van der Waals surface area contributed by atoms with Crippen LogP contribution >= 0.6 is 15.9 Å². The predicted octanol–water partition coefficient (Wildman–Crippen LogP) is 1.23. The van der Waals surface area contributed by atoms with Gasteiger partial charge in [-0.2, -0.15) is 0 Å². The number of hydroxylamine groups is 1. The van der Waals surface area contributed by atoms with Gasteiger partial charge in [0.15, 0.2) is 0 Å². The van der Waals surface area contributed by atoms with E-state index in [0.717, 1.165) is 4.47 Å². The van der Waals surface area contributed by atoms with Gasteiger partial charge in [0.1, 0.15) is 0 Å². The molecule has 0 fully saturated rings. The zero-order chi connectivity index (χ0) is 13.8. The average Bonchev–Trinajstić information content (AvgIpc) is 2.39. The Morgan fingerprint density at radius 3 is 3.05 bits per heavy atom. The maximum Gasteiger partial charge on any atom is 0.261 e. The highest BCUT2D eigenvalue weighted by molar-refractivity contribution is 9.10.